The van der Waals surface area contributed by atoms with Crippen LogP contribution in [0.5, 0.6) is 0 Å². The Bertz CT molecular complexity index is 612. The van der Waals surface area contributed by atoms with Crippen LogP contribution in [0, 0.1) is 0 Å². The SMILES string of the molecule is CCOCCOCc1cccc(CN=C(N)NCc2ccco2)c1. The largest absolute Gasteiger partial charge is 0.467 e. The molecule has 1 heterocycles. The van der Waals surface area contributed by atoms with E-state index in [2.05, 4.69) is 16.4 Å². The van der Waals surface area contributed by atoms with Crippen molar-refractivity contribution in [3.63, 3.8) is 0 Å². The molecule has 0 saturated heterocycles. The molecular formula is C18H25N3O3. The van der Waals surface area contributed by atoms with Gasteiger partial charge in [-0.2, -0.15) is 0 Å². The number of ether oxygens (including phenoxy) is 2. The number of hydrogen-bond donors (Lipinski definition) is 2. The van der Waals surface area contributed by atoms with Crippen LogP contribution in [-0.4, -0.2) is 25.8 Å². The topological polar surface area (TPSA) is 82.0 Å². The molecule has 6 heteroatoms. The lowest BCUT2D eigenvalue weighted by atomic mass is 10.1. The number of nitrogens with one attached hydrogen (secondary N) is 1. The molecule has 0 bridgehead atoms. The zero-order chi connectivity index (χ0) is 17.0. The lowest BCUT2D eigenvalue weighted by Gasteiger charge is -2.07. The van der Waals surface area contributed by atoms with Crippen molar-refractivity contribution in [2.45, 2.75) is 26.6 Å². The maximum absolute atomic E-state index is 5.86. The van der Waals surface area contributed by atoms with Gasteiger partial charge in [0, 0.05) is 6.61 Å². The van der Waals surface area contributed by atoms with Gasteiger partial charge in [-0.05, 0) is 30.2 Å². The summed E-state index contributed by atoms with van der Waals surface area (Å²) in [5.41, 5.74) is 8.06. The van der Waals surface area contributed by atoms with Crippen LogP contribution < -0.4 is 11.1 Å². The smallest absolute Gasteiger partial charge is 0.189 e. The molecule has 0 amide bonds. The van der Waals surface area contributed by atoms with Crippen LogP contribution in [0.15, 0.2) is 52.1 Å². The Morgan fingerprint density at radius 2 is 2.00 bits per heavy atom. The second-order valence-electron chi connectivity index (χ2n) is 5.20. The number of rotatable bonds is 10. The third kappa shape index (κ3) is 6.85. The molecule has 1 aromatic heterocycles. The molecule has 2 rings (SSSR count). The van der Waals surface area contributed by atoms with Crippen LogP contribution in [0.2, 0.25) is 0 Å². The molecule has 6 nitrogen and oxygen atoms in total. The van der Waals surface area contributed by atoms with Crippen LogP contribution >= 0.6 is 0 Å². The van der Waals surface area contributed by atoms with E-state index in [9.17, 15) is 0 Å². The van der Waals surface area contributed by atoms with Crippen molar-refractivity contribution in [1.82, 2.24) is 5.32 Å². The van der Waals surface area contributed by atoms with E-state index in [1.165, 1.54) is 0 Å². The highest BCUT2D eigenvalue weighted by molar-refractivity contribution is 5.77. The van der Waals surface area contributed by atoms with E-state index in [0.29, 0.717) is 45.5 Å². The summed E-state index contributed by atoms with van der Waals surface area (Å²) in [5, 5.41) is 3.02. The minimum absolute atomic E-state index is 0.393. The van der Waals surface area contributed by atoms with Crippen molar-refractivity contribution in [2.24, 2.45) is 10.7 Å². The average molecular weight is 331 g/mol. The molecule has 24 heavy (non-hydrogen) atoms. The van der Waals surface area contributed by atoms with E-state index in [1.807, 2.05) is 37.3 Å². The van der Waals surface area contributed by atoms with Gasteiger partial charge in [0.05, 0.1) is 39.2 Å². The van der Waals surface area contributed by atoms with Gasteiger partial charge in [-0.1, -0.05) is 24.3 Å². The van der Waals surface area contributed by atoms with E-state index < -0.39 is 0 Å². The number of nitrogens with two attached hydrogens (primary N) is 1. The fourth-order valence-electron chi connectivity index (χ4n) is 2.09. The van der Waals surface area contributed by atoms with Crippen LogP contribution in [0.4, 0.5) is 0 Å². The second-order valence-corrected chi connectivity index (χ2v) is 5.20. The Labute approximate surface area is 142 Å². The predicted molar refractivity (Wildman–Crippen MR) is 93.5 cm³/mol. The molecule has 1 aromatic carbocycles. The summed E-state index contributed by atoms with van der Waals surface area (Å²) in [7, 11) is 0. The lowest BCUT2D eigenvalue weighted by Crippen LogP contribution is -2.30. The normalized spacial score (nSPS) is 11.6. The van der Waals surface area contributed by atoms with Gasteiger partial charge in [-0.15, -0.1) is 0 Å². The van der Waals surface area contributed by atoms with E-state index in [1.54, 1.807) is 6.26 Å². The maximum Gasteiger partial charge on any atom is 0.189 e. The maximum atomic E-state index is 5.86. The number of nitrogens with zero attached hydrogens (tertiary/aromatic N) is 1. The van der Waals surface area contributed by atoms with Crippen molar-refractivity contribution >= 4 is 5.96 Å². The molecule has 0 fully saturated rings. The fourth-order valence-corrected chi connectivity index (χ4v) is 2.09. The number of benzene rings is 1. The van der Waals surface area contributed by atoms with E-state index >= 15 is 0 Å². The van der Waals surface area contributed by atoms with Gasteiger partial charge in [0.25, 0.3) is 0 Å². The first-order valence-corrected chi connectivity index (χ1v) is 8.07. The van der Waals surface area contributed by atoms with Crippen molar-refractivity contribution in [3.8, 4) is 0 Å². The van der Waals surface area contributed by atoms with Crippen LogP contribution in [0.25, 0.3) is 0 Å². The van der Waals surface area contributed by atoms with Gasteiger partial charge < -0.3 is 24.9 Å². The summed E-state index contributed by atoms with van der Waals surface area (Å²) in [5.74, 6) is 1.21. The lowest BCUT2D eigenvalue weighted by molar-refractivity contribution is 0.0453. The Hall–Kier alpha value is -2.31. The molecule has 0 atom stereocenters. The quantitative estimate of drug-likeness (QED) is 0.397. The zero-order valence-electron chi connectivity index (χ0n) is 14.0. The summed E-state index contributed by atoms with van der Waals surface area (Å²) >= 11 is 0. The van der Waals surface area contributed by atoms with Crippen LogP contribution in [-0.2, 0) is 29.2 Å². The summed E-state index contributed by atoms with van der Waals surface area (Å²) in [6, 6.07) is 11.9. The molecule has 2 aromatic rings. The van der Waals surface area contributed by atoms with E-state index in [4.69, 9.17) is 19.6 Å². The Morgan fingerprint density at radius 1 is 1.17 bits per heavy atom. The molecule has 3 N–H and O–H groups in total. The number of guanidine groups is 1. The molecule has 0 aliphatic carbocycles. The molecule has 130 valence electrons. The molecule has 0 spiro atoms. The first kappa shape index (κ1) is 18.0. The monoisotopic (exact) mass is 331 g/mol. The van der Waals surface area contributed by atoms with Gasteiger partial charge >= 0.3 is 0 Å². The first-order valence-electron chi connectivity index (χ1n) is 8.07. The Kier molecular flexibility index (Phi) is 7.86. The Morgan fingerprint density at radius 3 is 2.79 bits per heavy atom. The van der Waals surface area contributed by atoms with Gasteiger partial charge in [0.2, 0.25) is 0 Å². The van der Waals surface area contributed by atoms with Crippen molar-refractivity contribution < 1.29 is 13.9 Å². The molecule has 0 aliphatic heterocycles. The third-order valence-corrected chi connectivity index (χ3v) is 3.29. The molecule has 0 radical (unpaired) electrons. The fraction of sp³-hybridized carbons (Fsp3) is 0.389. The first-order chi connectivity index (χ1) is 11.8. The molecule has 0 unspecified atom stereocenters. The van der Waals surface area contributed by atoms with Crippen molar-refractivity contribution in [2.75, 3.05) is 19.8 Å². The van der Waals surface area contributed by atoms with Gasteiger partial charge in [0.15, 0.2) is 5.96 Å². The highest BCUT2D eigenvalue weighted by Crippen LogP contribution is 2.08. The second kappa shape index (κ2) is 10.5. The minimum Gasteiger partial charge on any atom is -0.467 e. The van der Waals surface area contributed by atoms with Gasteiger partial charge in [-0.3, -0.25) is 0 Å². The van der Waals surface area contributed by atoms with Gasteiger partial charge in [0.1, 0.15) is 5.76 Å². The van der Waals surface area contributed by atoms with E-state index in [0.717, 1.165) is 16.9 Å². The molecular weight excluding hydrogens is 306 g/mol. The zero-order valence-corrected chi connectivity index (χ0v) is 14.0. The number of aliphatic imine (C=N–C) groups is 1. The predicted octanol–water partition coefficient (Wildman–Crippen LogP) is 2.44. The highest BCUT2D eigenvalue weighted by atomic mass is 16.5. The number of hydrogen-bond acceptors (Lipinski definition) is 4. The summed E-state index contributed by atoms with van der Waals surface area (Å²) in [6.07, 6.45) is 1.63. The van der Waals surface area contributed by atoms with Crippen molar-refractivity contribution in [1.29, 1.82) is 0 Å². The summed E-state index contributed by atoms with van der Waals surface area (Å²) < 4.78 is 16.0. The van der Waals surface area contributed by atoms with Gasteiger partial charge in [-0.25, -0.2) is 4.99 Å². The van der Waals surface area contributed by atoms with Crippen LogP contribution in [0.1, 0.15) is 23.8 Å². The highest BCUT2D eigenvalue weighted by Gasteiger charge is 1.99. The third-order valence-electron chi connectivity index (χ3n) is 3.29. The standard InChI is InChI=1S/C18H25N3O3/c1-2-22-9-10-23-14-16-6-3-5-15(11-16)12-20-18(19)21-13-17-7-4-8-24-17/h3-8,11H,2,9-10,12-14H2,1H3,(H3,19,20,21). The molecule has 0 aliphatic rings. The Balaban J connectivity index is 1.75. The van der Waals surface area contributed by atoms with Crippen LogP contribution in [0.3, 0.4) is 0 Å². The summed E-state index contributed by atoms with van der Waals surface area (Å²) in [6.45, 7) is 5.51. The molecule has 0 saturated carbocycles. The number of furan rings is 1. The minimum atomic E-state index is 0.393. The van der Waals surface area contributed by atoms with Crippen molar-refractivity contribution in [3.05, 3.63) is 59.5 Å². The summed E-state index contributed by atoms with van der Waals surface area (Å²) in [4.78, 5) is 4.34. The van der Waals surface area contributed by atoms with E-state index in [-0.39, 0.29) is 0 Å². The average Bonchev–Trinajstić information content (AvgIpc) is 3.12.